The van der Waals surface area contributed by atoms with E-state index in [4.69, 9.17) is 4.55 Å². The van der Waals surface area contributed by atoms with Crippen molar-refractivity contribution in [3.8, 4) is 0 Å². The SMILES string of the molecule is CCCCCCCC/C=C\CCCCCCCC(=O)C(CNC)C(=O)CCCCCCC/C=C\CCCCCCCC.COS(=O)(=O)O. The van der Waals surface area contributed by atoms with E-state index in [0.717, 1.165) is 32.8 Å². The summed E-state index contributed by atoms with van der Waals surface area (Å²) in [6.45, 7) is 5.04. The molecule has 0 atom stereocenters. The number of nitrogens with one attached hydrogen (secondary N) is 1. The van der Waals surface area contributed by atoms with Gasteiger partial charge in [0.15, 0.2) is 0 Å². The van der Waals surface area contributed by atoms with E-state index in [1.54, 1.807) is 0 Å². The monoisotopic (exact) mass is 700 g/mol. The molecule has 0 heterocycles. The van der Waals surface area contributed by atoms with Gasteiger partial charge in [-0.3, -0.25) is 18.3 Å². The van der Waals surface area contributed by atoms with E-state index in [1.807, 2.05) is 7.05 Å². The van der Waals surface area contributed by atoms with Gasteiger partial charge in [-0.05, 0) is 71.3 Å². The topological polar surface area (TPSA) is 110 Å². The van der Waals surface area contributed by atoms with Crippen LogP contribution >= 0.6 is 0 Å². The molecule has 0 amide bonds. The third-order valence-electron chi connectivity index (χ3n) is 8.77. The number of rotatable bonds is 35. The van der Waals surface area contributed by atoms with E-state index in [9.17, 15) is 18.0 Å². The van der Waals surface area contributed by atoms with E-state index >= 15 is 0 Å². The molecule has 0 saturated carbocycles. The van der Waals surface area contributed by atoms with Crippen LogP contribution in [0.15, 0.2) is 24.3 Å². The van der Waals surface area contributed by atoms with Gasteiger partial charge >= 0.3 is 10.4 Å². The highest BCUT2D eigenvalue weighted by molar-refractivity contribution is 7.80. The number of unbranched alkanes of at least 4 members (excludes halogenated alkanes) is 22. The summed E-state index contributed by atoms with van der Waals surface area (Å²) in [5, 5.41) is 3.08. The molecular formula is C40H77NO6S. The first kappa shape index (κ1) is 48.8. The average Bonchev–Trinajstić information content (AvgIpc) is 3.06. The first-order valence-corrected chi connectivity index (χ1v) is 21.1. The van der Waals surface area contributed by atoms with E-state index in [2.05, 4.69) is 47.7 Å². The normalized spacial score (nSPS) is 11.9. The Morgan fingerprint density at radius 3 is 1.10 bits per heavy atom. The molecule has 0 rings (SSSR count). The molecule has 2 N–H and O–H groups in total. The Balaban J connectivity index is 0. The number of hydrogen-bond donors (Lipinski definition) is 2. The van der Waals surface area contributed by atoms with Crippen molar-refractivity contribution in [2.24, 2.45) is 5.92 Å². The Kier molecular flexibility index (Phi) is 39.1. The molecule has 0 saturated heterocycles. The zero-order valence-electron chi connectivity index (χ0n) is 31.8. The van der Waals surface area contributed by atoms with Crippen molar-refractivity contribution >= 4 is 22.0 Å². The highest BCUT2D eigenvalue weighted by atomic mass is 32.3. The first-order chi connectivity index (χ1) is 23.2. The van der Waals surface area contributed by atoms with Crippen LogP contribution in [0.25, 0.3) is 0 Å². The molecule has 0 aromatic heterocycles. The maximum Gasteiger partial charge on any atom is 0.397 e. The number of carbonyl (C=O) groups is 2. The molecule has 0 radical (unpaired) electrons. The zero-order chi connectivity index (χ0) is 36.0. The Morgan fingerprint density at radius 1 is 0.562 bits per heavy atom. The van der Waals surface area contributed by atoms with Crippen LogP contribution in [0.5, 0.6) is 0 Å². The van der Waals surface area contributed by atoms with Crippen LogP contribution in [0.1, 0.15) is 194 Å². The van der Waals surface area contributed by atoms with Gasteiger partial charge in [0.2, 0.25) is 0 Å². The summed E-state index contributed by atoms with van der Waals surface area (Å²) < 4.78 is 29.7. The van der Waals surface area contributed by atoms with Crippen LogP contribution in [0, 0.1) is 5.92 Å². The van der Waals surface area contributed by atoms with Gasteiger partial charge in [0, 0.05) is 19.4 Å². The van der Waals surface area contributed by atoms with Crippen LogP contribution in [0.2, 0.25) is 0 Å². The van der Waals surface area contributed by atoms with E-state index in [1.165, 1.54) is 141 Å². The molecule has 0 aliphatic carbocycles. The van der Waals surface area contributed by atoms with Crippen LogP contribution in [0.3, 0.4) is 0 Å². The molecule has 0 aliphatic heterocycles. The lowest BCUT2D eigenvalue weighted by Crippen LogP contribution is -2.33. The summed E-state index contributed by atoms with van der Waals surface area (Å²) in [6.07, 6.45) is 43.3. The molecule has 0 aromatic carbocycles. The van der Waals surface area contributed by atoms with Gasteiger partial charge in [-0.25, -0.2) is 0 Å². The number of allylic oxidation sites excluding steroid dienone is 4. The minimum atomic E-state index is -4.16. The molecule has 0 spiro atoms. The second-order valence-corrected chi connectivity index (χ2v) is 14.5. The highest BCUT2D eigenvalue weighted by Gasteiger charge is 2.24. The lowest BCUT2D eigenvalue weighted by molar-refractivity contribution is -0.132. The molecule has 284 valence electrons. The van der Waals surface area contributed by atoms with Gasteiger partial charge in [0.1, 0.15) is 11.6 Å². The van der Waals surface area contributed by atoms with Gasteiger partial charge in [-0.1, -0.05) is 141 Å². The molecule has 0 aliphatic rings. The van der Waals surface area contributed by atoms with Crippen LogP contribution < -0.4 is 5.32 Å². The fraction of sp³-hybridized carbons (Fsp3) is 0.850. The predicted molar refractivity (Wildman–Crippen MR) is 205 cm³/mol. The standard InChI is InChI=1S/C39H73NO2.CH4O4S/c1-4-6-8-10-12-14-16-18-20-22-24-26-28-30-32-34-38(41)37(36-40-3)39(42)35-33-31-29-27-25-23-21-19-17-15-13-11-9-7-5-2;1-5-6(2,3)4/h18-21,37,40H,4-17,22-36H2,1-3H3;1H3,(H,2,3,4)/b20-18-,21-19-;. The molecule has 0 unspecified atom stereocenters. The van der Waals surface area contributed by atoms with Crippen molar-refractivity contribution in [1.82, 2.24) is 5.32 Å². The van der Waals surface area contributed by atoms with Gasteiger partial charge < -0.3 is 5.32 Å². The van der Waals surface area contributed by atoms with Crippen molar-refractivity contribution in [2.45, 2.75) is 194 Å². The van der Waals surface area contributed by atoms with E-state index in [0.29, 0.717) is 19.4 Å². The zero-order valence-corrected chi connectivity index (χ0v) is 32.6. The van der Waals surface area contributed by atoms with Crippen LogP contribution in [0.4, 0.5) is 0 Å². The molecule has 0 bridgehead atoms. The van der Waals surface area contributed by atoms with Gasteiger partial charge in [-0.15, -0.1) is 0 Å². The van der Waals surface area contributed by atoms with E-state index in [-0.39, 0.29) is 11.6 Å². The minimum Gasteiger partial charge on any atom is -0.319 e. The summed E-state index contributed by atoms with van der Waals surface area (Å²) >= 11 is 0. The Bertz CT molecular complexity index is 819. The summed E-state index contributed by atoms with van der Waals surface area (Å²) in [5.41, 5.74) is 0. The van der Waals surface area contributed by atoms with Crippen molar-refractivity contribution < 1.29 is 26.7 Å². The van der Waals surface area contributed by atoms with Crippen LogP contribution in [-0.4, -0.2) is 45.2 Å². The van der Waals surface area contributed by atoms with Crippen molar-refractivity contribution in [1.29, 1.82) is 0 Å². The highest BCUT2D eigenvalue weighted by Crippen LogP contribution is 2.16. The second kappa shape index (κ2) is 38.5. The Labute approximate surface area is 297 Å². The molecule has 8 heteroatoms. The van der Waals surface area contributed by atoms with Crippen molar-refractivity contribution in [2.75, 3.05) is 20.7 Å². The number of ketones is 2. The lowest BCUT2D eigenvalue weighted by Gasteiger charge is -2.14. The molecular weight excluding hydrogens is 623 g/mol. The smallest absolute Gasteiger partial charge is 0.319 e. The lowest BCUT2D eigenvalue weighted by atomic mass is 9.91. The molecule has 0 fully saturated rings. The third kappa shape index (κ3) is 39.1. The fourth-order valence-electron chi connectivity index (χ4n) is 5.70. The quantitative estimate of drug-likeness (QED) is 0.0293. The van der Waals surface area contributed by atoms with E-state index < -0.39 is 16.3 Å². The minimum absolute atomic E-state index is 0.153. The van der Waals surface area contributed by atoms with Gasteiger partial charge in [0.05, 0.1) is 13.0 Å². The first-order valence-electron chi connectivity index (χ1n) is 19.8. The Hall–Kier alpha value is -1.35. The second-order valence-electron chi connectivity index (χ2n) is 13.3. The number of Topliss-reactive ketones (excluding diaryl/α,β-unsaturated/α-hetero) is 2. The summed E-state index contributed by atoms with van der Waals surface area (Å²) in [5.74, 6) is -0.136. The largest absolute Gasteiger partial charge is 0.397 e. The summed E-state index contributed by atoms with van der Waals surface area (Å²) in [7, 11) is -1.45. The number of hydrogen-bond acceptors (Lipinski definition) is 6. The van der Waals surface area contributed by atoms with Crippen LogP contribution in [-0.2, 0) is 24.2 Å². The Morgan fingerprint density at radius 2 is 0.833 bits per heavy atom. The summed E-state index contributed by atoms with van der Waals surface area (Å²) in [6, 6.07) is 0. The molecule has 0 aromatic rings. The van der Waals surface area contributed by atoms with Gasteiger partial charge in [-0.2, -0.15) is 8.42 Å². The molecule has 7 nitrogen and oxygen atoms in total. The maximum atomic E-state index is 12.8. The predicted octanol–water partition coefficient (Wildman–Crippen LogP) is 11.5. The average molecular weight is 700 g/mol. The molecule has 48 heavy (non-hydrogen) atoms. The maximum absolute atomic E-state index is 12.8. The van der Waals surface area contributed by atoms with Gasteiger partial charge in [0.25, 0.3) is 0 Å². The summed E-state index contributed by atoms with van der Waals surface area (Å²) in [4.78, 5) is 25.6. The van der Waals surface area contributed by atoms with Crippen molar-refractivity contribution in [3.63, 3.8) is 0 Å². The third-order valence-corrected chi connectivity index (χ3v) is 9.19. The van der Waals surface area contributed by atoms with Crippen molar-refractivity contribution in [3.05, 3.63) is 24.3 Å². The fourth-order valence-corrected chi connectivity index (χ4v) is 5.70. The number of carbonyl (C=O) groups excluding carboxylic acids is 2.